The van der Waals surface area contributed by atoms with E-state index in [-0.39, 0.29) is 11.5 Å². The second-order valence-corrected chi connectivity index (χ2v) is 5.48. The van der Waals surface area contributed by atoms with E-state index in [0.717, 1.165) is 0 Å². The topological polar surface area (TPSA) is 60.4 Å². The molecule has 0 aromatic rings. The Morgan fingerprint density at radius 2 is 1.93 bits per heavy atom. The Morgan fingerprint density at radius 3 is 2.43 bits per heavy atom. The lowest BCUT2D eigenvalue weighted by molar-refractivity contribution is -0.120. The second kappa shape index (κ2) is 6.95. The number of carbonyl (C=O) groups excluding carboxylic acids is 1. The van der Waals surface area contributed by atoms with Crippen LogP contribution in [0.3, 0.4) is 0 Å². The number of ketones is 1. The van der Waals surface area contributed by atoms with Crippen LogP contribution in [-0.2, 0) is 19.4 Å². The molecule has 0 saturated carbocycles. The van der Waals surface area contributed by atoms with Gasteiger partial charge in [0.15, 0.2) is 0 Å². The maximum Gasteiger partial charge on any atom is 0.147 e. The fourth-order valence-corrected chi connectivity index (χ4v) is 1.66. The van der Waals surface area contributed by atoms with Crippen LogP contribution < -0.4 is 0 Å². The fraction of sp³-hybridized carbons (Fsp3) is 0.889. The summed E-state index contributed by atoms with van der Waals surface area (Å²) >= 11 is 0. The molecule has 0 aromatic carbocycles. The van der Waals surface area contributed by atoms with Crippen molar-refractivity contribution in [2.45, 2.75) is 26.2 Å². The molecule has 0 aliphatic rings. The van der Waals surface area contributed by atoms with Gasteiger partial charge >= 0.3 is 0 Å². The molecule has 5 heteroatoms. The van der Waals surface area contributed by atoms with E-state index in [0.29, 0.717) is 32.5 Å². The van der Waals surface area contributed by atoms with Gasteiger partial charge in [-0.2, -0.15) is 0 Å². The number of ether oxygens (including phenoxy) is 1. The predicted octanol–water partition coefficient (Wildman–Crippen LogP) is 0.807. The van der Waals surface area contributed by atoms with Gasteiger partial charge in [0.2, 0.25) is 0 Å². The number of hydrogen-bond donors (Lipinski definition) is 0. The van der Waals surface area contributed by atoms with Gasteiger partial charge in [-0.3, -0.25) is 4.79 Å². The third kappa shape index (κ3) is 9.67. The van der Waals surface area contributed by atoms with Crippen molar-refractivity contribution in [3.63, 3.8) is 0 Å². The number of rotatable bonds is 8. The molecule has 0 fully saturated rings. The van der Waals surface area contributed by atoms with Crippen molar-refractivity contribution in [3.8, 4) is 0 Å². The van der Waals surface area contributed by atoms with Gasteiger partial charge in [0.05, 0.1) is 12.4 Å². The van der Waals surface area contributed by atoms with Crippen molar-refractivity contribution in [1.82, 2.24) is 0 Å². The van der Waals surface area contributed by atoms with Crippen LogP contribution >= 0.6 is 0 Å². The van der Waals surface area contributed by atoms with Crippen LogP contribution in [0.25, 0.3) is 0 Å². The molecule has 0 aliphatic heterocycles. The van der Waals surface area contributed by atoms with Crippen LogP contribution in [-0.4, -0.2) is 39.4 Å². The van der Waals surface area contributed by atoms with Crippen LogP contribution in [0, 0.1) is 0 Å². The molecule has 0 heterocycles. The summed E-state index contributed by atoms with van der Waals surface area (Å²) in [5.74, 6) is 0.162. The normalized spacial score (nSPS) is 11.6. The van der Waals surface area contributed by atoms with Crippen molar-refractivity contribution >= 4 is 15.6 Å². The first kappa shape index (κ1) is 13.6. The summed E-state index contributed by atoms with van der Waals surface area (Å²) in [5, 5.41) is 0. The third-order valence-corrected chi connectivity index (χ3v) is 2.73. The smallest absolute Gasteiger partial charge is 0.147 e. The van der Waals surface area contributed by atoms with E-state index in [9.17, 15) is 13.2 Å². The van der Waals surface area contributed by atoms with Gasteiger partial charge in [0, 0.05) is 25.7 Å². The zero-order valence-electron chi connectivity index (χ0n) is 8.78. The van der Waals surface area contributed by atoms with E-state index in [1.54, 1.807) is 0 Å². The minimum atomic E-state index is -2.93. The molecule has 0 atom stereocenters. The molecule has 0 unspecified atom stereocenters. The number of Topliss-reactive ketones (excluding diaryl/α,β-unsaturated/α-hetero) is 1. The number of sulfone groups is 1. The SMILES string of the molecule is CCOCCC(=O)CCCS(C)(=O)=O. The average Bonchev–Trinajstić information content (AvgIpc) is 2.02. The molecule has 0 radical (unpaired) electrons. The zero-order chi connectivity index (χ0) is 11.0. The monoisotopic (exact) mass is 222 g/mol. The summed E-state index contributed by atoms with van der Waals surface area (Å²) in [6.07, 6.45) is 2.32. The number of carbonyl (C=O) groups is 1. The Morgan fingerprint density at radius 1 is 1.29 bits per heavy atom. The third-order valence-electron chi connectivity index (χ3n) is 1.70. The molecule has 0 saturated heterocycles. The van der Waals surface area contributed by atoms with Crippen molar-refractivity contribution in [2.24, 2.45) is 0 Å². The first-order valence-corrected chi connectivity index (χ1v) is 6.79. The van der Waals surface area contributed by atoms with Gasteiger partial charge < -0.3 is 4.74 Å². The van der Waals surface area contributed by atoms with Crippen molar-refractivity contribution < 1.29 is 17.9 Å². The summed E-state index contributed by atoms with van der Waals surface area (Å²) < 4.78 is 26.5. The predicted molar refractivity (Wildman–Crippen MR) is 55.1 cm³/mol. The van der Waals surface area contributed by atoms with Crippen LogP contribution in [0.5, 0.6) is 0 Å². The molecular weight excluding hydrogens is 204 g/mol. The van der Waals surface area contributed by atoms with Crippen LogP contribution in [0.4, 0.5) is 0 Å². The lowest BCUT2D eigenvalue weighted by Gasteiger charge is -2.00. The Bertz CT molecular complexity index is 256. The minimum absolute atomic E-state index is 0.0714. The average molecular weight is 222 g/mol. The molecule has 0 aliphatic carbocycles. The van der Waals surface area contributed by atoms with E-state index >= 15 is 0 Å². The van der Waals surface area contributed by atoms with E-state index in [2.05, 4.69) is 0 Å². The van der Waals surface area contributed by atoms with Gasteiger partial charge in [-0.15, -0.1) is 0 Å². The highest BCUT2D eigenvalue weighted by Gasteiger charge is 2.05. The Kier molecular flexibility index (Phi) is 6.74. The van der Waals surface area contributed by atoms with Crippen molar-refractivity contribution in [2.75, 3.05) is 25.2 Å². The molecule has 14 heavy (non-hydrogen) atoms. The molecule has 4 nitrogen and oxygen atoms in total. The van der Waals surface area contributed by atoms with E-state index in [4.69, 9.17) is 4.74 Å². The first-order chi connectivity index (χ1) is 6.45. The maximum atomic E-state index is 11.1. The second-order valence-electron chi connectivity index (χ2n) is 3.22. The van der Waals surface area contributed by atoms with E-state index < -0.39 is 9.84 Å². The van der Waals surface area contributed by atoms with Gasteiger partial charge in [-0.25, -0.2) is 8.42 Å². The highest BCUT2D eigenvalue weighted by atomic mass is 32.2. The van der Waals surface area contributed by atoms with Crippen LogP contribution in [0.2, 0.25) is 0 Å². The summed E-state index contributed by atoms with van der Waals surface area (Å²) in [6.45, 7) is 2.92. The summed E-state index contributed by atoms with van der Waals surface area (Å²) in [6, 6.07) is 0. The van der Waals surface area contributed by atoms with Crippen molar-refractivity contribution in [1.29, 1.82) is 0 Å². The van der Waals surface area contributed by atoms with E-state index in [1.165, 1.54) is 6.26 Å². The first-order valence-electron chi connectivity index (χ1n) is 4.73. The standard InChI is InChI=1S/C9H18O4S/c1-3-13-7-6-9(10)5-4-8-14(2,11)12/h3-8H2,1-2H3. The Balaban J connectivity index is 3.45. The van der Waals surface area contributed by atoms with Gasteiger partial charge in [-0.1, -0.05) is 0 Å². The van der Waals surface area contributed by atoms with E-state index in [1.807, 2.05) is 6.92 Å². The molecule has 0 rings (SSSR count). The Hall–Kier alpha value is -0.420. The van der Waals surface area contributed by atoms with Gasteiger partial charge in [0.1, 0.15) is 15.6 Å². The molecular formula is C9H18O4S. The molecule has 0 bridgehead atoms. The van der Waals surface area contributed by atoms with Gasteiger partial charge in [0.25, 0.3) is 0 Å². The fourth-order valence-electron chi connectivity index (χ4n) is 0.987. The van der Waals surface area contributed by atoms with Crippen molar-refractivity contribution in [3.05, 3.63) is 0 Å². The molecule has 0 amide bonds. The lowest BCUT2D eigenvalue weighted by atomic mass is 10.2. The molecule has 0 N–H and O–H groups in total. The van der Waals surface area contributed by atoms with Crippen LogP contribution in [0.1, 0.15) is 26.2 Å². The molecule has 0 spiro atoms. The quantitative estimate of drug-likeness (QED) is 0.570. The number of hydrogen-bond acceptors (Lipinski definition) is 4. The highest BCUT2D eigenvalue weighted by molar-refractivity contribution is 7.90. The summed E-state index contributed by atoms with van der Waals surface area (Å²) in [7, 11) is -2.93. The largest absolute Gasteiger partial charge is 0.381 e. The summed E-state index contributed by atoms with van der Waals surface area (Å²) in [5.41, 5.74) is 0. The minimum Gasteiger partial charge on any atom is -0.381 e. The van der Waals surface area contributed by atoms with Gasteiger partial charge in [-0.05, 0) is 13.3 Å². The Labute approximate surface area is 85.6 Å². The molecule has 0 aromatic heterocycles. The molecule has 84 valence electrons. The zero-order valence-corrected chi connectivity index (χ0v) is 9.60. The highest BCUT2D eigenvalue weighted by Crippen LogP contribution is 1.98. The maximum absolute atomic E-state index is 11.1. The van der Waals surface area contributed by atoms with Crippen LogP contribution in [0.15, 0.2) is 0 Å². The summed E-state index contributed by atoms with van der Waals surface area (Å²) in [4.78, 5) is 11.1. The lowest BCUT2D eigenvalue weighted by Crippen LogP contribution is -2.08.